The van der Waals surface area contributed by atoms with Crippen LogP contribution in [0, 0.1) is 5.92 Å². The molecule has 1 aromatic carbocycles. The third-order valence-corrected chi connectivity index (χ3v) is 4.05. The quantitative estimate of drug-likeness (QED) is 0.761. The lowest BCUT2D eigenvalue weighted by molar-refractivity contribution is 0.446. The molecule has 0 saturated heterocycles. The molecule has 2 rings (SSSR count). The Morgan fingerprint density at radius 3 is 2.33 bits per heavy atom. The first-order valence-electron chi connectivity index (χ1n) is 7.53. The van der Waals surface area contributed by atoms with Gasteiger partial charge in [-0.15, -0.1) is 0 Å². The zero-order valence-corrected chi connectivity index (χ0v) is 12.1. The Balaban J connectivity index is 1.84. The van der Waals surface area contributed by atoms with E-state index in [1.165, 1.54) is 36.8 Å². The summed E-state index contributed by atoms with van der Waals surface area (Å²) in [6.45, 7) is 7.83. The summed E-state index contributed by atoms with van der Waals surface area (Å²) in [5.41, 5.74) is 2.94. The molecule has 1 atom stereocenters. The molecule has 1 N–H and O–H groups in total. The molecule has 100 valence electrons. The summed E-state index contributed by atoms with van der Waals surface area (Å²) in [6, 6.07) is 9.95. The van der Waals surface area contributed by atoms with Crippen molar-refractivity contribution in [2.45, 2.75) is 58.4 Å². The topological polar surface area (TPSA) is 12.0 Å². The van der Waals surface area contributed by atoms with Gasteiger partial charge in [0.2, 0.25) is 0 Å². The molecule has 1 aliphatic carbocycles. The molecule has 1 fully saturated rings. The second-order valence-electron chi connectivity index (χ2n) is 5.94. The highest BCUT2D eigenvalue weighted by Crippen LogP contribution is 2.34. The second-order valence-corrected chi connectivity index (χ2v) is 5.94. The zero-order valence-electron chi connectivity index (χ0n) is 12.1. The summed E-state index contributed by atoms with van der Waals surface area (Å²) in [7, 11) is 0. The van der Waals surface area contributed by atoms with E-state index in [1.54, 1.807) is 0 Å². The van der Waals surface area contributed by atoms with E-state index >= 15 is 0 Å². The first kappa shape index (κ1) is 13.6. The summed E-state index contributed by atoms with van der Waals surface area (Å²) in [5.74, 6) is 1.60. The number of benzene rings is 1. The third-order valence-electron chi connectivity index (χ3n) is 4.05. The van der Waals surface area contributed by atoms with Crippen LogP contribution in [0.25, 0.3) is 0 Å². The molecular weight excluding hydrogens is 218 g/mol. The van der Waals surface area contributed by atoms with Crippen LogP contribution in [0.4, 0.5) is 0 Å². The number of hydrogen-bond acceptors (Lipinski definition) is 1. The SMILES string of the molecule is CCNC(CCc1ccc(C(C)C)cc1)C1CC1. The fraction of sp³-hybridized carbons (Fsp3) is 0.647. The molecular formula is C17H27N. The smallest absolute Gasteiger partial charge is 0.00983 e. The molecule has 1 unspecified atom stereocenters. The van der Waals surface area contributed by atoms with Crippen molar-refractivity contribution in [1.29, 1.82) is 0 Å². The van der Waals surface area contributed by atoms with Crippen molar-refractivity contribution in [1.82, 2.24) is 5.32 Å². The molecule has 1 aliphatic rings. The Morgan fingerprint density at radius 1 is 1.17 bits per heavy atom. The number of aryl methyl sites for hydroxylation is 1. The maximum Gasteiger partial charge on any atom is 0.00983 e. The van der Waals surface area contributed by atoms with Crippen molar-refractivity contribution in [3.05, 3.63) is 35.4 Å². The van der Waals surface area contributed by atoms with E-state index in [2.05, 4.69) is 50.4 Å². The largest absolute Gasteiger partial charge is 0.314 e. The van der Waals surface area contributed by atoms with Crippen LogP contribution in [0.3, 0.4) is 0 Å². The van der Waals surface area contributed by atoms with Crippen LogP contribution in [-0.2, 0) is 6.42 Å². The van der Waals surface area contributed by atoms with E-state index in [9.17, 15) is 0 Å². The molecule has 0 bridgehead atoms. The van der Waals surface area contributed by atoms with Crippen LogP contribution in [0.2, 0.25) is 0 Å². The molecule has 0 heterocycles. The van der Waals surface area contributed by atoms with E-state index in [-0.39, 0.29) is 0 Å². The molecule has 0 aliphatic heterocycles. The van der Waals surface area contributed by atoms with Gasteiger partial charge >= 0.3 is 0 Å². The van der Waals surface area contributed by atoms with E-state index < -0.39 is 0 Å². The number of rotatable bonds is 7. The Labute approximate surface area is 112 Å². The highest BCUT2D eigenvalue weighted by Gasteiger charge is 2.29. The summed E-state index contributed by atoms with van der Waals surface area (Å²) >= 11 is 0. The van der Waals surface area contributed by atoms with Gasteiger partial charge in [-0.25, -0.2) is 0 Å². The predicted octanol–water partition coefficient (Wildman–Crippen LogP) is 4.13. The average Bonchev–Trinajstić information content (AvgIpc) is 3.19. The van der Waals surface area contributed by atoms with Crippen molar-refractivity contribution in [2.75, 3.05) is 6.54 Å². The molecule has 18 heavy (non-hydrogen) atoms. The molecule has 1 saturated carbocycles. The van der Waals surface area contributed by atoms with Crippen LogP contribution < -0.4 is 5.32 Å². The lowest BCUT2D eigenvalue weighted by Gasteiger charge is -2.17. The van der Waals surface area contributed by atoms with Crippen molar-refractivity contribution in [2.24, 2.45) is 5.92 Å². The van der Waals surface area contributed by atoms with Gasteiger partial charge in [0, 0.05) is 6.04 Å². The van der Waals surface area contributed by atoms with E-state index in [1.807, 2.05) is 0 Å². The van der Waals surface area contributed by atoms with Crippen LogP contribution in [0.1, 0.15) is 57.1 Å². The Morgan fingerprint density at radius 2 is 1.83 bits per heavy atom. The fourth-order valence-electron chi connectivity index (χ4n) is 2.66. The normalized spacial score (nSPS) is 17.1. The Bertz CT molecular complexity index is 348. The van der Waals surface area contributed by atoms with Gasteiger partial charge in [-0.1, -0.05) is 45.0 Å². The second kappa shape index (κ2) is 6.38. The Hall–Kier alpha value is -0.820. The molecule has 0 spiro atoms. The van der Waals surface area contributed by atoms with Crippen molar-refractivity contribution < 1.29 is 0 Å². The monoisotopic (exact) mass is 245 g/mol. The van der Waals surface area contributed by atoms with Crippen LogP contribution in [0.5, 0.6) is 0 Å². The number of nitrogens with one attached hydrogen (secondary N) is 1. The first-order valence-corrected chi connectivity index (χ1v) is 7.53. The van der Waals surface area contributed by atoms with E-state index in [4.69, 9.17) is 0 Å². The molecule has 0 aromatic heterocycles. The van der Waals surface area contributed by atoms with E-state index in [0.29, 0.717) is 5.92 Å². The van der Waals surface area contributed by atoms with Crippen molar-refractivity contribution in [3.8, 4) is 0 Å². The standard InChI is InChI=1S/C17H27N/c1-4-18-17(16-10-11-16)12-7-14-5-8-15(9-6-14)13(2)3/h5-6,8-9,13,16-18H,4,7,10-12H2,1-3H3. The minimum atomic E-state index is 0.639. The van der Waals surface area contributed by atoms with Crippen LogP contribution >= 0.6 is 0 Å². The summed E-state index contributed by atoms with van der Waals surface area (Å²) in [6.07, 6.45) is 5.37. The van der Waals surface area contributed by atoms with E-state index in [0.717, 1.165) is 18.5 Å². The van der Waals surface area contributed by atoms with Crippen LogP contribution in [0.15, 0.2) is 24.3 Å². The predicted molar refractivity (Wildman–Crippen MR) is 79.0 cm³/mol. The minimum Gasteiger partial charge on any atom is -0.314 e. The maximum atomic E-state index is 3.64. The fourth-order valence-corrected chi connectivity index (χ4v) is 2.66. The van der Waals surface area contributed by atoms with Gasteiger partial charge in [0.05, 0.1) is 0 Å². The maximum absolute atomic E-state index is 3.64. The summed E-state index contributed by atoms with van der Waals surface area (Å²) < 4.78 is 0. The minimum absolute atomic E-state index is 0.639. The lowest BCUT2D eigenvalue weighted by atomic mass is 9.98. The Kier molecular flexibility index (Phi) is 4.82. The lowest BCUT2D eigenvalue weighted by Crippen LogP contribution is -2.31. The average molecular weight is 245 g/mol. The first-order chi connectivity index (χ1) is 8.70. The highest BCUT2D eigenvalue weighted by molar-refractivity contribution is 5.24. The van der Waals surface area contributed by atoms with Crippen molar-refractivity contribution >= 4 is 0 Å². The molecule has 1 aromatic rings. The summed E-state index contributed by atoms with van der Waals surface area (Å²) in [4.78, 5) is 0. The van der Waals surface area contributed by atoms with Gasteiger partial charge in [-0.2, -0.15) is 0 Å². The molecule has 0 radical (unpaired) electrons. The number of hydrogen-bond donors (Lipinski definition) is 1. The van der Waals surface area contributed by atoms with Gasteiger partial charge in [-0.05, 0) is 55.2 Å². The summed E-state index contributed by atoms with van der Waals surface area (Å²) in [5, 5.41) is 3.64. The van der Waals surface area contributed by atoms with Gasteiger partial charge < -0.3 is 5.32 Å². The zero-order chi connectivity index (χ0) is 13.0. The highest BCUT2D eigenvalue weighted by atomic mass is 14.9. The third kappa shape index (κ3) is 3.84. The van der Waals surface area contributed by atoms with Crippen LogP contribution in [-0.4, -0.2) is 12.6 Å². The van der Waals surface area contributed by atoms with Gasteiger partial charge in [0.15, 0.2) is 0 Å². The van der Waals surface area contributed by atoms with Gasteiger partial charge in [0.25, 0.3) is 0 Å². The van der Waals surface area contributed by atoms with Gasteiger partial charge in [-0.3, -0.25) is 0 Å². The van der Waals surface area contributed by atoms with Gasteiger partial charge in [0.1, 0.15) is 0 Å². The molecule has 1 heteroatoms. The molecule has 1 nitrogen and oxygen atoms in total. The molecule has 0 amide bonds. The van der Waals surface area contributed by atoms with Crippen molar-refractivity contribution in [3.63, 3.8) is 0 Å².